The molecule has 48 heavy (non-hydrogen) atoms. The van der Waals surface area contributed by atoms with Crippen molar-refractivity contribution in [3.05, 3.63) is 84.5 Å². The minimum absolute atomic E-state index is 0.0670. The van der Waals surface area contributed by atoms with Gasteiger partial charge in [-0.05, 0) is 49.1 Å². The Morgan fingerprint density at radius 1 is 0.958 bits per heavy atom. The van der Waals surface area contributed by atoms with Crippen LogP contribution < -0.4 is 15.0 Å². The van der Waals surface area contributed by atoms with Crippen LogP contribution in [0.1, 0.15) is 50.1 Å². The van der Waals surface area contributed by atoms with E-state index >= 15 is 0 Å². The Morgan fingerprint density at radius 3 is 2.48 bits per heavy atom. The van der Waals surface area contributed by atoms with Crippen molar-refractivity contribution in [3.63, 3.8) is 0 Å². The zero-order chi connectivity index (χ0) is 33.7. The molecule has 0 unspecified atom stereocenters. The highest BCUT2D eigenvalue weighted by molar-refractivity contribution is 6.05. The molecule has 1 spiro atoms. The van der Waals surface area contributed by atoms with Gasteiger partial charge in [-0.3, -0.25) is 19.2 Å². The number of anilines is 1. The number of carbonyl (C=O) groups excluding carboxylic acids is 4. The number of rotatable bonds is 9. The third-order valence-electron chi connectivity index (χ3n) is 9.77. The smallest absolute Gasteiger partial charge is 0.306 e. The minimum atomic E-state index is -1.33. The summed E-state index contributed by atoms with van der Waals surface area (Å²) in [6.07, 6.45) is 9.97. The monoisotopic (exact) mass is 657 g/mol. The summed E-state index contributed by atoms with van der Waals surface area (Å²) >= 11 is 0. The molecule has 0 aliphatic carbocycles. The van der Waals surface area contributed by atoms with Crippen molar-refractivity contribution >= 4 is 29.4 Å². The van der Waals surface area contributed by atoms with E-state index in [1.54, 1.807) is 47.3 Å². The van der Waals surface area contributed by atoms with Gasteiger partial charge in [-0.1, -0.05) is 67.5 Å². The van der Waals surface area contributed by atoms with E-state index < -0.39 is 47.5 Å². The number of nitrogens with one attached hydrogen (secondary N) is 1. The molecule has 2 N–H and O–H groups in total. The molecule has 0 radical (unpaired) electrons. The van der Waals surface area contributed by atoms with E-state index in [0.29, 0.717) is 37.2 Å². The number of esters is 1. The topological polar surface area (TPSA) is 135 Å². The third-order valence-corrected chi connectivity index (χ3v) is 9.77. The first kappa shape index (κ1) is 33.4. The predicted molar refractivity (Wildman–Crippen MR) is 177 cm³/mol. The number of hydrogen-bond donors (Lipinski definition) is 2. The van der Waals surface area contributed by atoms with Crippen molar-refractivity contribution in [2.75, 3.05) is 38.3 Å². The number of cyclic esters (lactones) is 1. The number of allylic oxidation sites excluding steroid dienone is 1. The fourth-order valence-corrected chi connectivity index (χ4v) is 7.39. The van der Waals surface area contributed by atoms with E-state index in [1.807, 2.05) is 48.6 Å². The maximum absolute atomic E-state index is 14.9. The number of nitrogens with zero attached hydrogens (tertiary/aromatic N) is 2. The number of benzene rings is 2. The van der Waals surface area contributed by atoms with Crippen LogP contribution in [0.15, 0.2) is 78.9 Å². The fourth-order valence-electron chi connectivity index (χ4n) is 7.39. The average molecular weight is 658 g/mol. The number of carbonyl (C=O) groups is 4. The molecular formula is C37H43N3O8. The van der Waals surface area contributed by atoms with Gasteiger partial charge in [-0.25, -0.2) is 0 Å². The lowest BCUT2D eigenvalue weighted by molar-refractivity contribution is -0.145. The highest BCUT2D eigenvalue weighted by atomic mass is 16.5. The van der Waals surface area contributed by atoms with Crippen molar-refractivity contribution in [1.82, 2.24) is 10.2 Å². The Balaban J connectivity index is 1.39. The second-order valence-electron chi connectivity index (χ2n) is 12.7. The summed E-state index contributed by atoms with van der Waals surface area (Å²) in [7, 11) is 1.57. The number of aliphatic hydroxyl groups excluding tert-OH is 1. The van der Waals surface area contributed by atoms with E-state index in [4.69, 9.17) is 14.2 Å². The van der Waals surface area contributed by atoms with Gasteiger partial charge in [0.15, 0.2) is 0 Å². The second-order valence-corrected chi connectivity index (χ2v) is 12.7. The van der Waals surface area contributed by atoms with E-state index in [0.717, 1.165) is 18.4 Å². The highest BCUT2D eigenvalue weighted by Crippen LogP contribution is 2.55. The van der Waals surface area contributed by atoms with E-state index in [2.05, 4.69) is 5.32 Å². The molecule has 0 saturated carbocycles. The largest absolute Gasteiger partial charge is 0.497 e. The Morgan fingerprint density at radius 2 is 1.73 bits per heavy atom. The van der Waals surface area contributed by atoms with Gasteiger partial charge in [0.1, 0.15) is 24.0 Å². The number of ether oxygens (including phenoxy) is 3. The van der Waals surface area contributed by atoms with Crippen LogP contribution in [-0.2, 0) is 28.7 Å². The first-order chi connectivity index (χ1) is 23.4. The van der Waals surface area contributed by atoms with Gasteiger partial charge in [0.05, 0.1) is 31.1 Å². The first-order valence-electron chi connectivity index (χ1n) is 16.8. The van der Waals surface area contributed by atoms with E-state index in [-0.39, 0.29) is 38.0 Å². The molecule has 11 heteroatoms. The van der Waals surface area contributed by atoms with Gasteiger partial charge >= 0.3 is 5.97 Å². The number of likely N-dealkylation sites (tertiary alicyclic amines) is 1. The third kappa shape index (κ3) is 6.49. The van der Waals surface area contributed by atoms with Crippen molar-refractivity contribution in [2.24, 2.45) is 11.8 Å². The van der Waals surface area contributed by atoms with Crippen LogP contribution in [0, 0.1) is 11.8 Å². The molecular weight excluding hydrogens is 614 g/mol. The Kier molecular flexibility index (Phi) is 10.3. The lowest BCUT2D eigenvalue weighted by Gasteiger charge is -2.36. The molecule has 3 amide bonds. The molecule has 6 atom stereocenters. The summed E-state index contributed by atoms with van der Waals surface area (Å²) < 4.78 is 17.5. The Bertz CT molecular complexity index is 1540. The molecule has 11 nitrogen and oxygen atoms in total. The summed E-state index contributed by atoms with van der Waals surface area (Å²) in [5.41, 5.74) is 0.0361. The molecule has 4 aliphatic heterocycles. The van der Waals surface area contributed by atoms with Crippen LogP contribution in [0.25, 0.3) is 0 Å². The minimum Gasteiger partial charge on any atom is -0.497 e. The maximum atomic E-state index is 14.9. The number of fused-ring (bicyclic) bond motifs is 2. The van der Waals surface area contributed by atoms with Crippen LogP contribution in [0.3, 0.4) is 0 Å². The molecule has 2 fully saturated rings. The van der Waals surface area contributed by atoms with E-state index in [1.165, 1.54) is 0 Å². The lowest BCUT2D eigenvalue weighted by Crippen LogP contribution is -2.56. The molecule has 5 bridgehead atoms. The standard InChI is InChI=1S/C37H43N3O8/c1-46-27-17-15-26(16-18-27)39-21-10-5-8-14-30(42)47-24-28(25-12-6-4-7-13-25)38-34(43)31-29-19-20-37(48-29)32(31)35(44)40(33(37)36(39)45)22-9-2-3-11-23-41/h4-7,10,12-13,15-20,28-29,31-33,41H,2-3,8-9,11,14,21-24H2,1H3,(H,38,43)/b10-5-/t28-,29-,31+,32+,33-,37+/m1/s1. The number of aliphatic hydroxyl groups is 1. The average Bonchev–Trinajstić information content (AvgIpc) is 3.75. The SMILES string of the molecule is COc1ccc(N2C/C=C\CCC(=O)OC[C@H](c3ccccc3)NC(=O)[C@@H]3[C@H]4C(=O)N(CCCCCCO)[C@H](C2=O)[C@]42C=C[C@H]3O2)cc1. The molecule has 4 heterocycles. The van der Waals surface area contributed by atoms with Crippen molar-refractivity contribution in [3.8, 4) is 5.75 Å². The molecule has 2 saturated heterocycles. The second kappa shape index (κ2) is 14.7. The zero-order valence-electron chi connectivity index (χ0n) is 27.2. The number of amides is 3. The predicted octanol–water partition coefficient (Wildman–Crippen LogP) is 3.48. The van der Waals surface area contributed by atoms with Gasteiger partial charge in [-0.2, -0.15) is 0 Å². The van der Waals surface area contributed by atoms with Gasteiger partial charge in [0, 0.05) is 31.8 Å². The molecule has 254 valence electrons. The van der Waals surface area contributed by atoms with Gasteiger partial charge in [0.25, 0.3) is 5.91 Å². The van der Waals surface area contributed by atoms with E-state index in [9.17, 15) is 24.3 Å². The lowest BCUT2D eigenvalue weighted by atomic mass is 9.74. The molecule has 6 rings (SSSR count). The molecule has 0 aromatic heterocycles. The summed E-state index contributed by atoms with van der Waals surface area (Å²) in [6, 6.07) is 14.7. The summed E-state index contributed by atoms with van der Waals surface area (Å²) in [4.78, 5) is 59.5. The zero-order valence-corrected chi connectivity index (χ0v) is 27.2. The highest BCUT2D eigenvalue weighted by Gasteiger charge is 2.73. The Hall–Kier alpha value is -4.48. The van der Waals surface area contributed by atoms with Crippen molar-refractivity contribution < 1.29 is 38.5 Å². The summed E-state index contributed by atoms with van der Waals surface area (Å²) in [5, 5.41) is 12.3. The van der Waals surface area contributed by atoms with Gasteiger partial charge in [-0.15, -0.1) is 0 Å². The van der Waals surface area contributed by atoms with Crippen LogP contribution in [-0.4, -0.2) is 84.9 Å². The fraction of sp³-hybridized carbons (Fsp3) is 0.459. The Labute approximate surface area is 280 Å². The quantitative estimate of drug-likeness (QED) is 0.238. The molecule has 2 aromatic rings. The molecule has 2 aromatic carbocycles. The summed E-state index contributed by atoms with van der Waals surface area (Å²) in [5.74, 6) is -2.59. The first-order valence-corrected chi connectivity index (χ1v) is 16.8. The van der Waals surface area contributed by atoms with Crippen molar-refractivity contribution in [2.45, 2.75) is 62.3 Å². The van der Waals surface area contributed by atoms with Gasteiger partial charge < -0.3 is 34.4 Å². The summed E-state index contributed by atoms with van der Waals surface area (Å²) in [6.45, 7) is 0.523. The number of unbranched alkanes of at least 4 members (excludes halogenated alkanes) is 3. The molecule has 4 aliphatic rings. The maximum Gasteiger partial charge on any atom is 0.306 e. The van der Waals surface area contributed by atoms with Crippen LogP contribution >= 0.6 is 0 Å². The van der Waals surface area contributed by atoms with Gasteiger partial charge in [0.2, 0.25) is 11.8 Å². The number of hydrogen-bond acceptors (Lipinski definition) is 8. The van der Waals surface area contributed by atoms with Crippen LogP contribution in [0.5, 0.6) is 5.75 Å². The van der Waals surface area contributed by atoms with Crippen LogP contribution in [0.4, 0.5) is 5.69 Å². The number of methoxy groups -OCH3 is 1. The van der Waals surface area contributed by atoms with Crippen molar-refractivity contribution in [1.29, 1.82) is 0 Å². The van der Waals surface area contributed by atoms with Crippen LogP contribution in [0.2, 0.25) is 0 Å². The normalized spacial score (nSPS) is 29.5.